The largest absolute Gasteiger partial charge is 0.483 e. The fourth-order valence-corrected chi connectivity index (χ4v) is 2.99. The maximum atomic E-state index is 12.2. The molecule has 0 aliphatic carbocycles. The average Bonchev–Trinajstić information content (AvgIpc) is 3.24. The summed E-state index contributed by atoms with van der Waals surface area (Å²) in [6.07, 6.45) is 6.54. The van der Waals surface area contributed by atoms with Gasteiger partial charge in [0.2, 0.25) is 0 Å². The Labute approximate surface area is 166 Å². The Morgan fingerprint density at radius 2 is 1.89 bits per heavy atom. The summed E-state index contributed by atoms with van der Waals surface area (Å²) < 4.78 is 7.79. The van der Waals surface area contributed by atoms with Gasteiger partial charge in [-0.2, -0.15) is 0 Å². The van der Waals surface area contributed by atoms with E-state index in [1.165, 1.54) is 5.56 Å². The summed E-state index contributed by atoms with van der Waals surface area (Å²) in [5.74, 6) is 1.07. The highest BCUT2D eigenvalue weighted by Gasteiger charge is 2.11. The molecule has 0 radical (unpaired) electrons. The number of para-hydroxylation sites is 1. The fourth-order valence-electron chi connectivity index (χ4n) is 2.99. The molecule has 1 N–H and O–H groups in total. The second kappa shape index (κ2) is 9.74. The molecule has 0 saturated carbocycles. The number of aromatic nitrogens is 2. The smallest absolute Gasteiger partial charge is 0.258 e. The number of imidazole rings is 1. The molecule has 28 heavy (non-hydrogen) atoms. The average molecular weight is 377 g/mol. The minimum Gasteiger partial charge on any atom is -0.483 e. The first-order valence-corrected chi connectivity index (χ1v) is 9.67. The molecule has 146 valence electrons. The molecule has 0 bridgehead atoms. The van der Waals surface area contributed by atoms with E-state index in [2.05, 4.69) is 42.3 Å². The Morgan fingerprint density at radius 3 is 2.61 bits per heavy atom. The first kappa shape index (κ1) is 19.7. The summed E-state index contributed by atoms with van der Waals surface area (Å²) in [5, 5.41) is 2.92. The van der Waals surface area contributed by atoms with Crippen molar-refractivity contribution in [2.24, 2.45) is 0 Å². The van der Waals surface area contributed by atoms with Gasteiger partial charge in [0.1, 0.15) is 5.75 Å². The van der Waals surface area contributed by atoms with Crippen LogP contribution in [0, 0.1) is 0 Å². The third kappa shape index (κ3) is 5.46. The number of hydrogen-bond donors (Lipinski definition) is 1. The van der Waals surface area contributed by atoms with Gasteiger partial charge in [0, 0.05) is 25.5 Å². The number of carbonyl (C=O) groups excluding carboxylic acids is 1. The Balaban J connectivity index is 1.47. The van der Waals surface area contributed by atoms with Gasteiger partial charge in [0.15, 0.2) is 6.61 Å². The number of benzene rings is 2. The van der Waals surface area contributed by atoms with Crippen molar-refractivity contribution in [2.45, 2.75) is 39.3 Å². The van der Waals surface area contributed by atoms with Gasteiger partial charge >= 0.3 is 0 Å². The van der Waals surface area contributed by atoms with Crippen LogP contribution >= 0.6 is 0 Å². The molecule has 1 atom stereocenters. The lowest BCUT2D eigenvalue weighted by Gasteiger charge is -2.15. The number of amides is 1. The summed E-state index contributed by atoms with van der Waals surface area (Å²) >= 11 is 0. The third-order valence-corrected chi connectivity index (χ3v) is 4.86. The highest BCUT2D eigenvalue weighted by Crippen LogP contribution is 2.28. The van der Waals surface area contributed by atoms with E-state index in [0.717, 1.165) is 29.8 Å². The molecule has 5 heteroatoms. The fraction of sp³-hybridized carbons (Fsp3) is 0.304. The van der Waals surface area contributed by atoms with E-state index in [0.29, 0.717) is 12.5 Å². The Kier molecular flexibility index (Phi) is 6.84. The van der Waals surface area contributed by atoms with Gasteiger partial charge in [-0.15, -0.1) is 0 Å². The van der Waals surface area contributed by atoms with E-state index in [1.807, 2.05) is 41.1 Å². The Hall–Kier alpha value is -3.08. The van der Waals surface area contributed by atoms with E-state index in [9.17, 15) is 4.79 Å². The van der Waals surface area contributed by atoms with Gasteiger partial charge in [-0.05, 0) is 35.1 Å². The molecule has 1 heterocycles. The molecule has 3 aromatic rings. The van der Waals surface area contributed by atoms with Crippen LogP contribution in [0.3, 0.4) is 0 Å². The van der Waals surface area contributed by atoms with Crippen LogP contribution in [-0.2, 0) is 17.9 Å². The molecule has 2 aromatic carbocycles. The van der Waals surface area contributed by atoms with E-state index < -0.39 is 0 Å². The molecule has 0 spiro atoms. The van der Waals surface area contributed by atoms with Crippen LogP contribution in [0.5, 0.6) is 5.75 Å². The van der Waals surface area contributed by atoms with Gasteiger partial charge in [-0.25, -0.2) is 4.98 Å². The predicted octanol–water partition coefficient (Wildman–Crippen LogP) is 4.14. The van der Waals surface area contributed by atoms with Crippen molar-refractivity contribution in [3.63, 3.8) is 0 Å². The maximum Gasteiger partial charge on any atom is 0.258 e. The summed E-state index contributed by atoms with van der Waals surface area (Å²) in [6, 6.07) is 16.1. The monoisotopic (exact) mass is 377 g/mol. The number of nitrogens with zero attached hydrogens (tertiary/aromatic N) is 2. The molecular formula is C23H27N3O2. The molecule has 0 saturated heterocycles. The van der Waals surface area contributed by atoms with Crippen LogP contribution in [0.4, 0.5) is 0 Å². The van der Waals surface area contributed by atoms with Crippen molar-refractivity contribution in [3.8, 4) is 5.75 Å². The molecule has 1 unspecified atom stereocenters. The van der Waals surface area contributed by atoms with Crippen molar-refractivity contribution in [1.29, 1.82) is 0 Å². The summed E-state index contributed by atoms with van der Waals surface area (Å²) in [7, 11) is 0. The quantitative estimate of drug-likeness (QED) is 0.610. The number of nitrogens with one attached hydrogen (secondary N) is 1. The van der Waals surface area contributed by atoms with Crippen LogP contribution in [0.1, 0.15) is 42.9 Å². The van der Waals surface area contributed by atoms with Gasteiger partial charge < -0.3 is 14.6 Å². The van der Waals surface area contributed by atoms with Gasteiger partial charge in [-0.3, -0.25) is 4.79 Å². The van der Waals surface area contributed by atoms with Crippen molar-refractivity contribution in [3.05, 3.63) is 83.9 Å². The molecule has 3 rings (SSSR count). The zero-order chi connectivity index (χ0) is 19.8. The topological polar surface area (TPSA) is 56.1 Å². The van der Waals surface area contributed by atoms with E-state index >= 15 is 0 Å². The van der Waals surface area contributed by atoms with Crippen LogP contribution in [0.25, 0.3) is 0 Å². The van der Waals surface area contributed by atoms with Gasteiger partial charge in [0.05, 0.1) is 6.33 Å². The lowest BCUT2D eigenvalue weighted by molar-refractivity contribution is -0.123. The first-order chi connectivity index (χ1) is 13.7. The third-order valence-electron chi connectivity index (χ3n) is 4.86. The normalized spacial score (nSPS) is 11.8. The highest BCUT2D eigenvalue weighted by molar-refractivity contribution is 5.77. The number of rotatable bonds is 9. The zero-order valence-electron chi connectivity index (χ0n) is 16.5. The van der Waals surface area contributed by atoms with Crippen LogP contribution in [0.2, 0.25) is 0 Å². The predicted molar refractivity (Wildman–Crippen MR) is 110 cm³/mol. The van der Waals surface area contributed by atoms with Crippen molar-refractivity contribution in [1.82, 2.24) is 14.9 Å². The summed E-state index contributed by atoms with van der Waals surface area (Å²) in [5.41, 5.74) is 3.40. The minimum atomic E-state index is -0.124. The van der Waals surface area contributed by atoms with E-state index in [4.69, 9.17) is 4.74 Å². The minimum absolute atomic E-state index is 0.0200. The molecule has 1 aromatic heterocycles. The van der Waals surface area contributed by atoms with Crippen LogP contribution in [0.15, 0.2) is 67.3 Å². The van der Waals surface area contributed by atoms with E-state index in [-0.39, 0.29) is 12.5 Å². The maximum absolute atomic E-state index is 12.2. The van der Waals surface area contributed by atoms with Gasteiger partial charge in [0.25, 0.3) is 5.91 Å². The van der Waals surface area contributed by atoms with Crippen LogP contribution in [-0.4, -0.2) is 22.1 Å². The standard InChI is InChI=1S/C23H27N3O2/c1-3-18(2)21-6-4-5-7-22(21)28-16-23(27)25-14-19-8-10-20(11-9-19)15-26-13-12-24-17-26/h4-13,17-18H,3,14-16H2,1-2H3,(H,25,27). The number of hydrogen-bond acceptors (Lipinski definition) is 3. The van der Waals surface area contributed by atoms with Crippen molar-refractivity contribution >= 4 is 5.91 Å². The molecule has 0 aliphatic heterocycles. The Morgan fingerprint density at radius 1 is 1.14 bits per heavy atom. The number of carbonyl (C=O) groups is 1. The van der Waals surface area contributed by atoms with Crippen molar-refractivity contribution < 1.29 is 9.53 Å². The highest BCUT2D eigenvalue weighted by atomic mass is 16.5. The van der Waals surface area contributed by atoms with E-state index in [1.54, 1.807) is 12.5 Å². The molecule has 1 amide bonds. The first-order valence-electron chi connectivity index (χ1n) is 9.67. The summed E-state index contributed by atoms with van der Waals surface area (Å²) in [4.78, 5) is 16.2. The molecule has 0 fully saturated rings. The molecular weight excluding hydrogens is 350 g/mol. The lowest BCUT2D eigenvalue weighted by atomic mass is 9.98. The second-order valence-electron chi connectivity index (χ2n) is 6.96. The van der Waals surface area contributed by atoms with Crippen LogP contribution < -0.4 is 10.1 Å². The van der Waals surface area contributed by atoms with Gasteiger partial charge in [-0.1, -0.05) is 56.3 Å². The molecule has 5 nitrogen and oxygen atoms in total. The second-order valence-corrected chi connectivity index (χ2v) is 6.96. The Bertz CT molecular complexity index is 873. The zero-order valence-corrected chi connectivity index (χ0v) is 16.5. The number of ether oxygens (including phenoxy) is 1. The molecule has 0 aliphatic rings. The lowest BCUT2D eigenvalue weighted by Crippen LogP contribution is -2.28. The van der Waals surface area contributed by atoms with Crippen molar-refractivity contribution in [2.75, 3.05) is 6.61 Å². The summed E-state index contributed by atoms with van der Waals surface area (Å²) in [6.45, 7) is 5.61. The SMILES string of the molecule is CCC(C)c1ccccc1OCC(=O)NCc1ccc(Cn2ccnc2)cc1.